The molecule has 0 saturated carbocycles. The van der Waals surface area contributed by atoms with Gasteiger partial charge in [-0.2, -0.15) is 0 Å². The predicted octanol–water partition coefficient (Wildman–Crippen LogP) is 2.65. The number of aromatic carboxylic acids is 1. The van der Waals surface area contributed by atoms with Crippen molar-refractivity contribution in [1.82, 2.24) is 0 Å². The van der Waals surface area contributed by atoms with Crippen LogP contribution in [0.5, 0.6) is 0 Å². The number of hydrogen-bond acceptors (Lipinski definition) is 2. The lowest BCUT2D eigenvalue weighted by atomic mass is 10.1. The Kier molecular flexibility index (Phi) is 4.06. The van der Waals surface area contributed by atoms with Crippen LogP contribution in [-0.2, 0) is 4.74 Å². The highest BCUT2D eigenvalue weighted by molar-refractivity contribution is 5.87. The second-order valence-corrected chi connectivity index (χ2v) is 3.19. The summed E-state index contributed by atoms with van der Waals surface area (Å²) in [6.07, 6.45) is 1.63. The summed E-state index contributed by atoms with van der Waals surface area (Å²) in [5.41, 5.74) is 1.25. The minimum atomic E-state index is -0.916. The Morgan fingerprint density at radius 3 is 2.60 bits per heavy atom. The molecule has 0 heterocycles. The van der Waals surface area contributed by atoms with E-state index in [0.717, 1.165) is 5.56 Å². The van der Waals surface area contributed by atoms with Crippen LogP contribution in [-0.4, -0.2) is 17.7 Å². The molecule has 15 heavy (non-hydrogen) atoms. The van der Waals surface area contributed by atoms with Gasteiger partial charge in [-0.3, -0.25) is 0 Å². The number of rotatable bonds is 5. The topological polar surface area (TPSA) is 46.5 Å². The molecule has 0 aliphatic heterocycles. The highest BCUT2D eigenvalue weighted by Crippen LogP contribution is 2.17. The maximum Gasteiger partial charge on any atom is 0.335 e. The molecule has 0 saturated heterocycles. The molecule has 0 fully saturated rings. The van der Waals surface area contributed by atoms with Crippen LogP contribution in [0.25, 0.3) is 0 Å². The van der Waals surface area contributed by atoms with Crippen molar-refractivity contribution >= 4 is 5.97 Å². The molecule has 0 aliphatic carbocycles. The number of ether oxygens (including phenoxy) is 1. The number of carbonyl (C=O) groups is 1. The van der Waals surface area contributed by atoms with Crippen molar-refractivity contribution in [3.05, 3.63) is 48.0 Å². The van der Waals surface area contributed by atoms with Crippen molar-refractivity contribution in [3.63, 3.8) is 0 Å². The smallest absolute Gasteiger partial charge is 0.335 e. The van der Waals surface area contributed by atoms with Gasteiger partial charge in [-0.05, 0) is 24.6 Å². The van der Waals surface area contributed by atoms with Crippen LogP contribution in [0.1, 0.15) is 28.9 Å². The van der Waals surface area contributed by atoms with Crippen LogP contribution in [0, 0.1) is 0 Å². The fraction of sp³-hybridized carbons (Fsp3) is 0.250. The average molecular weight is 206 g/mol. The summed E-state index contributed by atoms with van der Waals surface area (Å²) in [6, 6.07) is 6.67. The summed E-state index contributed by atoms with van der Waals surface area (Å²) in [7, 11) is 0. The third-order valence-electron chi connectivity index (χ3n) is 2.09. The van der Waals surface area contributed by atoms with Crippen LogP contribution in [0.2, 0.25) is 0 Å². The Bertz CT molecular complexity index is 340. The monoisotopic (exact) mass is 206 g/mol. The zero-order chi connectivity index (χ0) is 11.3. The lowest BCUT2D eigenvalue weighted by Crippen LogP contribution is -2.01. The summed E-state index contributed by atoms with van der Waals surface area (Å²) in [4.78, 5) is 10.6. The van der Waals surface area contributed by atoms with Crippen molar-refractivity contribution in [2.24, 2.45) is 0 Å². The molecule has 1 N–H and O–H groups in total. The van der Waals surface area contributed by atoms with Crippen LogP contribution in [0.15, 0.2) is 36.9 Å². The molecule has 0 spiro atoms. The molecule has 0 aromatic heterocycles. The summed E-state index contributed by atoms with van der Waals surface area (Å²) >= 11 is 0. The highest BCUT2D eigenvalue weighted by Gasteiger charge is 2.06. The van der Waals surface area contributed by atoms with Crippen LogP contribution in [0.4, 0.5) is 0 Å². The van der Waals surface area contributed by atoms with Crippen LogP contribution >= 0.6 is 0 Å². The van der Waals surface area contributed by atoms with Gasteiger partial charge >= 0.3 is 5.97 Å². The minimum Gasteiger partial charge on any atom is -0.478 e. The van der Waals surface area contributed by atoms with Crippen LogP contribution in [0.3, 0.4) is 0 Å². The molecule has 3 heteroatoms. The normalized spacial score (nSPS) is 12.1. The second kappa shape index (κ2) is 5.32. The zero-order valence-electron chi connectivity index (χ0n) is 8.64. The van der Waals surface area contributed by atoms with Crippen molar-refractivity contribution < 1.29 is 14.6 Å². The molecular formula is C12H14O3. The van der Waals surface area contributed by atoms with Gasteiger partial charge < -0.3 is 9.84 Å². The highest BCUT2D eigenvalue weighted by atomic mass is 16.5. The average Bonchev–Trinajstić information content (AvgIpc) is 2.26. The molecule has 1 unspecified atom stereocenters. The van der Waals surface area contributed by atoms with E-state index >= 15 is 0 Å². The number of benzene rings is 1. The lowest BCUT2D eigenvalue weighted by Gasteiger charge is -2.11. The second-order valence-electron chi connectivity index (χ2n) is 3.19. The molecule has 1 atom stereocenters. The number of hydrogen-bond donors (Lipinski definition) is 1. The van der Waals surface area contributed by atoms with Gasteiger partial charge in [-0.25, -0.2) is 4.79 Å². The Balaban J connectivity index is 2.70. The summed E-state index contributed by atoms with van der Waals surface area (Å²) in [5, 5.41) is 8.71. The van der Waals surface area contributed by atoms with E-state index in [4.69, 9.17) is 9.84 Å². The van der Waals surface area contributed by atoms with Crippen molar-refractivity contribution in [3.8, 4) is 0 Å². The molecule has 0 aliphatic rings. The minimum absolute atomic E-state index is 0.0501. The quantitative estimate of drug-likeness (QED) is 0.753. The van der Waals surface area contributed by atoms with E-state index in [1.54, 1.807) is 30.3 Å². The van der Waals surface area contributed by atoms with E-state index in [9.17, 15) is 4.79 Å². The van der Waals surface area contributed by atoms with Gasteiger partial charge in [-0.15, -0.1) is 6.58 Å². The van der Waals surface area contributed by atoms with E-state index in [1.165, 1.54) is 0 Å². The first-order chi connectivity index (χ1) is 7.15. The third kappa shape index (κ3) is 3.22. The maximum atomic E-state index is 10.6. The first-order valence-electron chi connectivity index (χ1n) is 4.71. The third-order valence-corrected chi connectivity index (χ3v) is 2.09. The molecule has 0 bridgehead atoms. The fourth-order valence-corrected chi connectivity index (χ4v) is 1.21. The molecule has 1 rings (SSSR count). The molecule has 80 valence electrons. The SMILES string of the molecule is C=CCOC(C)c1ccc(C(=O)O)cc1. The fourth-order valence-electron chi connectivity index (χ4n) is 1.21. The van der Waals surface area contributed by atoms with Gasteiger partial charge in [0.15, 0.2) is 0 Å². The standard InChI is InChI=1S/C12H14O3/c1-3-8-15-9(2)10-4-6-11(7-5-10)12(13)14/h3-7,9H,1,8H2,2H3,(H,13,14). The van der Waals surface area contributed by atoms with E-state index in [2.05, 4.69) is 6.58 Å². The van der Waals surface area contributed by atoms with Gasteiger partial charge in [0.05, 0.1) is 18.3 Å². The summed E-state index contributed by atoms with van der Waals surface area (Å²) in [6.45, 7) is 5.96. The first kappa shape index (κ1) is 11.5. The number of carboxylic acids is 1. The summed E-state index contributed by atoms with van der Waals surface area (Å²) in [5.74, 6) is -0.916. The van der Waals surface area contributed by atoms with Gasteiger partial charge in [0, 0.05) is 0 Å². The van der Waals surface area contributed by atoms with Crippen LogP contribution < -0.4 is 0 Å². The lowest BCUT2D eigenvalue weighted by molar-refractivity contribution is 0.0696. The Morgan fingerprint density at radius 1 is 1.53 bits per heavy atom. The first-order valence-corrected chi connectivity index (χ1v) is 4.71. The molecule has 3 nitrogen and oxygen atoms in total. The zero-order valence-corrected chi connectivity index (χ0v) is 8.64. The van der Waals surface area contributed by atoms with Gasteiger partial charge in [0.25, 0.3) is 0 Å². The molecule has 1 aromatic carbocycles. The van der Waals surface area contributed by atoms with Gasteiger partial charge in [-0.1, -0.05) is 18.2 Å². The Hall–Kier alpha value is -1.61. The van der Waals surface area contributed by atoms with Gasteiger partial charge in [0.1, 0.15) is 0 Å². The Morgan fingerprint density at radius 2 is 2.13 bits per heavy atom. The van der Waals surface area contributed by atoms with E-state index < -0.39 is 5.97 Å². The van der Waals surface area contributed by atoms with Crippen molar-refractivity contribution in [1.29, 1.82) is 0 Å². The largest absolute Gasteiger partial charge is 0.478 e. The van der Waals surface area contributed by atoms with Crippen molar-refractivity contribution in [2.45, 2.75) is 13.0 Å². The predicted molar refractivity (Wildman–Crippen MR) is 58.0 cm³/mol. The Labute approximate surface area is 89.0 Å². The molecule has 0 radical (unpaired) electrons. The van der Waals surface area contributed by atoms with E-state index in [1.807, 2.05) is 6.92 Å². The van der Waals surface area contributed by atoms with E-state index in [0.29, 0.717) is 6.61 Å². The molecular weight excluding hydrogens is 192 g/mol. The van der Waals surface area contributed by atoms with E-state index in [-0.39, 0.29) is 11.7 Å². The maximum absolute atomic E-state index is 10.6. The number of carboxylic acid groups (broad SMARTS) is 1. The van der Waals surface area contributed by atoms with Gasteiger partial charge in [0.2, 0.25) is 0 Å². The molecule has 1 aromatic rings. The van der Waals surface area contributed by atoms with Crippen molar-refractivity contribution in [2.75, 3.05) is 6.61 Å². The summed E-state index contributed by atoms with van der Waals surface area (Å²) < 4.78 is 5.41. The molecule has 0 amide bonds.